The van der Waals surface area contributed by atoms with Crippen LogP contribution in [0, 0.1) is 20.8 Å². The van der Waals surface area contributed by atoms with Crippen LogP contribution in [0.2, 0.25) is 0 Å². The number of aromatic amines is 1. The second-order valence-corrected chi connectivity index (χ2v) is 7.38. The number of H-pyrrole nitrogens is 1. The molecule has 2 aromatic heterocycles. The first kappa shape index (κ1) is 24.1. The zero-order chi connectivity index (χ0) is 23.1. The van der Waals surface area contributed by atoms with Crippen molar-refractivity contribution in [3.05, 3.63) is 83.7 Å². The molecule has 31 heavy (non-hydrogen) atoms. The van der Waals surface area contributed by atoms with Crippen molar-refractivity contribution in [1.29, 1.82) is 0 Å². The third-order valence-corrected chi connectivity index (χ3v) is 5.14. The molecule has 0 radical (unpaired) electrons. The van der Waals surface area contributed by atoms with Crippen LogP contribution in [0.1, 0.15) is 57.1 Å². The van der Waals surface area contributed by atoms with Crippen LogP contribution in [0.25, 0.3) is 38.9 Å². The third-order valence-electron chi connectivity index (χ3n) is 5.14. The van der Waals surface area contributed by atoms with Crippen molar-refractivity contribution in [2.45, 2.75) is 55.4 Å². The van der Waals surface area contributed by atoms with E-state index in [2.05, 4.69) is 78.1 Å². The van der Waals surface area contributed by atoms with E-state index in [1.54, 1.807) is 0 Å². The highest BCUT2D eigenvalue weighted by Crippen LogP contribution is 2.33. The summed E-state index contributed by atoms with van der Waals surface area (Å²) in [5, 5.41) is 1.26. The smallest absolute Gasteiger partial charge is 0.0494 e. The van der Waals surface area contributed by atoms with Crippen LogP contribution in [-0.4, -0.2) is 9.97 Å². The minimum atomic E-state index is 1.05. The minimum absolute atomic E-state index is 1.05. The number of hydrogen-bond acceptors (Lipinski definition) is 1. The van der Waals surface area contributed by atoms with Crippen molar-refractivity contribution in [3.63, 3.8) is 0 Å². The summed E-state index contributed by atoms with van der Waals surface area (Å²) < 4.78 is 0. The molecule has 2 nitrogen and oxygen atoms in total. The zero-order valence-electron chi connectivity index (χ0n) is 20.4. The number of nitrogens with zero attached hydrogens (tertiary/aromatic N) is 1. The maximum Gasteiger partial charge on any atom is 0.0494 e. The quantitative estimate of drug-likeness (QED) is 0.357. The van der Waals surface area contributed by atoms with E-state index in [-0.39, 0.29) is 0 Å². The van der Waals surface area contributed by atoms with Gasteiger partial charge in [-0.05, 0) is 73.7 Å². The molecule has 0 aliphatic carbocycles. The molecule has 0 atom stereocenters. The molecule has 2 aromatic carbocycles. The van der Waals surface area contributed by atoms with Crippen LogP contribution in [0.4, 0.5) is 0 Å². The van der Waals surface area contributed by atoms with E-state index >= 15 is 0 Å². The predicted octanol–water partition coefficient (Wildman–Crippen LogP) is 8.91. The summed E-state index contributed by atoms with van der Waals surface area (Å²) in [5.74, 6) is 0. The van der Waals surface area contributed by atoms with Crippen LogP contribution < -0.4 is 0 Å². The standard InChI is InChI=1S/C25H24N2.2C2H6/c1-15(2)19-6-8-20(9-7-19)25-18(5)23-11-10-21(14-24(23)27-25)22-12-16(3)26-17(4)13-22;2*1-2/h6-14,27H,1H2,2-5H3;2*1-2H3. The fourth-order valence-corrected chi connectivity index (χ4v) is 3.73. The first-order valence-electron chi connectivity index (χ1n) is 11.3. The van der Waals surface area contributed by atoms with Gasteiger partial charge in [0.05, 0.1) is 0 Å². The molecule has 0 spiro atoms. The molecule has 0 bridgehead atoms. The van der Waals surface area contributed by atoms with Gasteiger partial charge in [-0.2, -0.15) is 0 Å². The van der Waals surface area contributed by atoms with Crippen LogP contribution in [0.15, 0.2) is 61.2 Å². The van der Waals surface area contributed by atoms with Gasteiger partial charge < -0.3 is 4.98 Å². The number of nitrogens with one attached hydrogen (secondary N) is 1. The number of pyridine rings is 1. The topological polar surface area (TPSA) is 28.7 Å². The zero-order valence-corrected chi connectivity index (χ0v) is 20.4. The molecule has 1 N–H and O–H groups in total. The molecule has 0 amide bonds. The molecule has 4 aromatic rings. The van der Waals surface area contributed by atoms with Gasteiger partial charge in [-0.1, -0.05) is 76.2 Å². The van der Waals surface area contributed by atoms with Crippen LogP contribution in [0.3, 0.4) is 0 Å². The van der Waals surface area contributed by atoms with Crippen LogP contribution in [0.5, 0.6) is 0 Å². The highest BCUT2D eigenvalue weighted by Gasteiger charge is 2.11. The fourth-order valence-electron chi connectivity index (χ4n) is 3.73. The van der Waals surface area contributed by atoms with Gasteiger partial charge in [-0.15, -0.1) is 0 Å². The largest absolute Gasteiger partial charge is 0.354 e. The Labute approximate surface area is 188 Å². The molecule has 0 fully saturated rings. The molecular weight excluding hydrogens is 376 g/mol. The Kier molecular flexibility index (Phi) is 8.38. The first-order valence-corrected chi connectivity index (χ1v) is 11.3. The first-order chi connectivity index (χ1) is 14.9. The Morgan fingerprint density at radius 1 is 0.742 bits per heavy atom. The Hall–Kier alpha value is -3.13. The molecule has 0 unspecified atom stereocenters. The molecule has 162 valence electrons. The number of allylic oxidation sites excluding steroid dienone is 1. The Morgan fingerprint density at radius 3 is 1.84 bits per heavy atom. The van der Waals surface area contributed by atoms with E-state index in [9.17, 15) is 0 Å². The summed E-state index contributed by atoms with van der Waals surface area (Å²) >= 11 is 0. The third kappa shape index (κ3) is 5.32. The Bertz CT molecular complexity index is 1140. The lowest BCUT2D eigenvalue weighted by Gasteiger charge is -2.05. The molecule has 0 saturated carbocycles. The molecular formula is C29H36N2. The summed E-state index contributed by atoms with van der Waals surface area (Å²) in [6, 6.07) is 19.5. The summed E-state index contributed by atoms with van der Waals surface area (Å²) in [4.78, 5) is 8.12. The lowest BCUT2D eigenvalue weighted by molar-refractivity contribution is 1.12. The lowest BCUT2D eigenvalue weighted by atomic mass is 10.0. The van der Waals surface area contributed by atoms with Gasteiger partial charge in [0.2, 0.25) is 0 Å². The van der Waals surface area contributed by atoms with E-state index in [4.69, 9.17) is 0 Å². The monoisotopic (exact) mass is 412 g/mol. The number of benzene rings is 2. The van der Waals surface area contributed by atoms with Crippen molar-refractivity contribution in [2.75, 3.05) is 0 Å². The van der Waals surface area contributed by atoms with Gasteiger partial charge in [0.1, 0.15) is 0 Å². The molecule has 0 saturated heterocycles. The number of aryl methyl sites for hydroxylation is 3. The van der Waals surface area contributed by atoms with Crippen molar-refractivity contribution in [1.82, 2.24) is 9.97 Å². The van der Waals surface area contributed by atoms with Gasteiger partial charge in [0.15, 0.2) is 0 Å². The van der Waals surface area contributed by atoms with Gasteiger partial charge in [0, 0.05) is 28.0 Å². The minimum Gasteiger partial charge on any atom is -0.354 e. The van der Waals surface area contributed by atoms with Crippen LogP contribution in [-0.2, 0) is 0 Å². The number of fused-ring (bicyclic) bond motifs is 1. The maximum atomic E-state index is 4.49. The average Bonchev–Trinajstić information content (AvgIpc) is 3.12. The van der Waals surface area contributed by atoms with E-state index in [0.29, 0.717) is 0 Å². The number of rotatable bonds is 3. The van der Waals surface area contributed by atoms with Gasteiger partial charge in [0.25, 0.3) is 0 Å². The Balaban J connectivity index is 0.000000807. The van der Waals surface area contributed by atoms with Gasteiger partial charge in [-0.3, -0.25) is 4.98 Å². The number of aromatic nitrogens is 2. The second kappa shape index (κ2) is 10.8. The van der Waals surface area contributed by atoms with Crippen molar-refractivity contribution in [3.8, 4) is 22.4 Å². The second-order valence-electron chi connectivity index (χ2n) is 7.38. The van der Waals surface area contributed by atoms with Crippen molar-refractivity contribution >= 4 is 16.5 Å². The van der Waals surface area contributed by atoms with Gasteiger partial charge >= 0.3 is 0 Å². The van der Waals surface area contributed by atoms with Crippen LogP contribution >= 0.6 is 0 Å². The van der Waals surface area contributed by atoms with E-state index in [0.717, 1.165) is 22.5 Å². The maximum absolute atomic E-state index is 4.49. The van der Waals surface area contributed by atoms with Crippen molar-refractivity contribution in [2.24, 2.45) is 0 Å². The summed E-state index contributed by atoms with van der Waals surface area (Å²) in [6.07, 6.45) is 0. The molecule has 0 aliphatic rings. The molecule has 2 heteroatoms. The summed E-state index contributed by atoms with van der Waals surface area (Å²) in [7, 11) is 0. The lowest BCUT2D eigenvalue weighted by Crippen LogP contribution is -1.88. The molecule has 2 heterocycles. The fraction of sp³-hybridized carbons (Fsp3) is 0.276. The SMILES string of the molecule is C=C(C)c1ccc(-c2[nH]c3cc(-c4cc(C)nc(C)c4)ccc3c2C)cc1.CC.CC. The predicted molar refractivity (Wildman–Crippen MR) is 139 cm³/mol. The summed E-state index contributed by atoms with van der Waals surface area (Å²) in [6.45, 7) is 20.3. The van der Waals surface area contributed by atoms with Gasteiger partial charge in [-0.25, -0.2) is 0 Å². The van der Waals surface area contributed by atoms with E-state index in [1.807, 2.05) is 48.5 Å². The van der Waals surface area contributed by atoms with Crippen molar-refractivity contribution < 1.29 is 0 Å². The normalized spacial score (nSPS) is 10.1. The van der Waals surface area contributed by atoms with E-state index in [1.165, 1.54) is 38.9 Å². The summed E-state index contributed by atoms with van der Waals surface area (Å²) in [5.41, 5.74) is 11.6. The molecule has 4 rings (SSSR count). The highest BCUT2D eigenvalue weighted by molar-refractivity contribution is 5.93. The average molecular weight is 413 g/mol. The number of hydrogen-bond donors (Lipinski definition) is 1. The Morgan fingerprint density at radius 2 is 1.29 bits per heavy atom. The van der Waals surface area contributed by atoms with E-state index < -0.39 is 0 Å². The highest BCUT2D eigenvalue weighted by atomic mass is 14.7. The molecule has 0 aliphatic heterocycles.